The number of ketones is 1. The van der Waals surface area contributed by atoms with E-state index in [1.807, 2.05) is 19.0 Å². The fraction of sp³-hybridized carbons (Fsp3) is 0.636. The van der Waals surface area contributed by atoms with E-state index in [-0.39, 0.29) is 12.3 Å². The SMILES string of the molecule is CNCC(=O)c1c(OC)cnn1CCN(C)C. The van der Waals surface area contributed by atoms with Crippen molar-refractivity contribution in [3.63, 3.8) is 0 Å². The van der Waals surface area contributed by atoms with Crippen LogP contribution >= 0.6 is 0 Å². The summed E-state index contributed by atoms with van der Waals surface area (Å²) < 4.78 is 6.85. The second kappa shape index (κ2) is 6.36. The molecule has 0 saturated carbocycles. The number of Topliss-reactive ketones (excluding diaryl/α,β-unsaturated/α-hetero) is 1. The molecule has 0 saturated heterocycles. The normalized spacial score (nSPS) is 10.9. The van der Waals surface area contributed by atoms with Gasteiger partial charge in [-0.25, -0.2) is 0 Å². The lowest BCUT2D eigenvalue weighted by atomic mass is 10.2. The van der Waals surface area contributed by atoms with Crippen LogP contribution in [0.2, 0.25) is 0 Å². The van der Waals surface area contributed by atoms with Gasteiger partial charge in [-0.05, 0) is 21.1 Å². The lowest BCUT2D eigenvalue weighted by molar-refractivity contribution is 0.0979. The summed E-state index contributed by atoms with van der Waals surface area (Å²) >= 11 is 0. The van der Waals surface area contributed by atoms with E-state index in [0.29, 0.717) is 18.0 Å². The molecule has 0 aromatic carbocycles. The maximum Gasteiger partial charge on any atom is 0.198 e. The molecule has 0 aliphatic heterocycles. The van der Waals surface area contributed by atoms with E-state index < -0.39 is 0 Å². The molecule has 6 heteroatoms. The van der Waals surface area contributed by atoms with E-state index in [9.17, 15) is 4.79 Å². The molecule has 1 rings (SSSR count). The molecule has 1 aromatic heterocycles. The van der Waals surface area contributed by atoms with Crippen molar-refractivity contribution in [1.29, 1.82) is 0 Å². The average molecular weight is 240 g/mol. The van der Waals surface area contributed by atoms with E-state index in [4.69, 9.17) is 4.74 Å². The molecule has 0 fully saturated rings. The van der Waals surface area contributed by atoms with Gasteiger partial charge in [0, 0.05) is 6.54 Å². The number of ether oxygens (including phenoxy) is 1. The molecule has 0 radical (unpaired) electrons. The van der Waals surface area contributed by atoms with E-state index >= 15 is 0 Å². The Kier molecular flexibility index (Phi) is 5.11. The summed E-state index contributed by atoms with van der Waals surface area (Å²) in [7, 11) is 7.25. The lowest BCUT2D eigenvalue weighted by Crippen LogP contribution is -2.25. The van der Waals surface area contributed by atoms with Crippen molar-refractivity contribution in [3.8, 4) is 5.75 Å². The zero-order valence-corrected chi connectivity index (χ0v) is 10.9. The van der Waals surface area contributed by atoms with Crippen molar-refractivity contribution in [2.24, 2.45) is 0 Å². The molecule has 96 valence electrons. The van der Waals surface area contributed by atoms with Gasteiger partial charge in [0.2, 0.25) is 0 Å². The van der Waals surface area contributed by atoms with Crippen molar-refractivity contribution in [2.75, 3.05) is 41.3 Å². The second-order valence-electron chi connectivity index (χ2n) is 4.04. The summed E-state index contributed by atoms with van der Waals surface area (Å²) in [6.45, 7) is 1.77. The van der Waals surface area contributed by atoms with Crippen molar-refractivity contribution in [3.05, 3.63) is 11.9 Å². The Bertz CT molecular complexity index is 374. The third-order valence-corrected chi connectivity index (χ3v) is 2.39. The van der Waals surface area contributed by atoms with Crippen LogP contribution in [0.5, 0.6) is 5.75 Å². The monoisotopic (exact) mass is 240 g/mol. The van der Waals surface area contributed by atoms with E-state index in [1.54, 1.807) is 25.0 Å². The molecule has 0 unspecified atom stereocenters. The maximum absolute atomic E-state index is 11.9. The van der Waals surface area contributed by atoms with Gasteiger partial charge < -0.3 is 15.0 Å². The Labute approximate surface area is 102 Å². The minimum atomic E-state index is -0.0133. The minimum Gasteiger partial charge on any atom is -0.493 e. The summed E-state index contributed by atoms with van der Waals surface area (Å²) in [5, 5.41) is 7.02. The van der Waals surface area contributed by atoms with Gasteiger partial charge in [-0.15, -0.1) is 0 Å². The first-order valence-corrected chi connectivity index (χ1v) is 5.52. The van der Waals surface area contributed by atoms with Gasteiger partial charge in [0.15, 0.2) is 11.5 Å². The first-order chi connectivity index (χ1) is 8.10. The Morgan fingerprint density at radius 3 is 2.82 bits per heavy atom. The van der Waals surface area contributed by atoms with Gasteiger partial charge in [0.05, 0.1) is 26.4 Å². The van der Waals surface area contributed by atoms with Crippen molar-refractivity contribution in [1.82, 2.24) is 20.0 Å². The molecule has 1 N–H and O–H groups in total. The van der Waals surface area contributed by atoms with Crippen LogP contribution in [0, 0.1) is 0 Å². The first-order valence-electron chi connectivity index (χ1n) is 5.52. The standard InChI is InChI=1S/C11H20N4O2/c1-12-7-9(16)11-10(17-4)8-13-15(11)6-5-14(2)3/h8,12H,5-7H2,1-4H3. The predicted octanol–water partition coefficient (Wildman–Crippen LogP) is -0.145. The van der Waals surface area contributed by atoms with Gasteiger partial charge >= 0.3 is 0 Å². The van der Waals surface area contributed by atoms with Gasteiger partial charge in [-0.2, -0.15) is 5.10 Å². The summed E-state index contributed by atoms with van der Waals surface area (Å²) in [4.78, 5) is 14.0. The number of aromatic nitrogens is 2. The van der Waals surface area contributed by atoms with Crippen LogP contribution in [-0.2, 0) is 6.54 Å². The lowest BCUT2D eigenvalue weighted by Gasteiger charge is -2.12. The molecule has 17 heavy (non-hydrogen) atoms. The molecule has 0 bridgehead atoms. The Morgan fingerprint density at radius 1 is 1.59 bits per heavy atom. The molecular formula is C11H20N4O2. The molecule has 6 nitrogen and oxygen atoms in total. The third-order valence-electron chi connectivity index (χ3n) is 2.39. The third kappa shape index (κ3) is 3.54. The quantitative estimate of drug-likeness (QED) is 0.672. The van der Waals surface area contributed by atoms with Crippen molar-refractivity contribution >= 4 is 5.78 Å². The topological polar surface area (TPSA) is 59.4 Å². The highest BCUT2D eigenvalue weighted by Crippen LogP contribution is 2.17. The summed E-state index contributed by atoms with van der Waals surface area (Å²) in [6.07, 6.45) is 1.58. The van der Waals surface area contributed by atoms with Crippen molar-refractivity contribution in [2.45, 2.75) is 6.54 Å². The van der Waals surface area contributed by atoms with Gasteiger partial charge in [0.25, 0.3) is 0 Å². The molecule has 1 heterocycles. The smallest absolute Gasteiger partial charge is 0.198 e. The van der Waals surface area contributed by atoms with Crippen LogP contribution in [-0.4, -0.2) is 61.8 Å². The highest BCUT2D eigenvalue weighted by atomic mass is 16.5. The largest absolute Gasteiger partial charge is 0.493 e. The van der Waals surface area contributed by atoms with Crippen LogP contribution in [0.3, 0.4) is 0 Å². The van der Waals surface area contributed by atoms with Gasteiger partial charge in [-0.3, -0.25) is 9.48 Å². The van der Waals surface area contributed by atoms with Crippen molar-refractivity contribution < 1.29 is 9.53 Å². The second-order valence-corrected chi connectivity index (χ2v) is 4.04. The number of nitrogens with one attached hydrogen (secondary N) is 1. The molecule has 0 aliphatic rings. The number of hydrogen-bond acceptors (Lipinski definition) is 5. The molecule has 0 atom stereocenters. The fourth-order valence-corrected chi connectivity index (χ4v) is 1.51. The first kappa shape index (κ1) is 13.7. The summed E-state index contributed by atoms with van der Waals surface area (Å²) in [5.74, 6) is 0.518. The maximum atomic E-state index is 11.9. The Hall–Kier alpha value is -1.40. The molecule has 0 spiro atoms. The van der Waals surface area contributed by atoms with E-state index in [0.717, 1.165) is 6.54 Å². The minimum absolute atomic E-state index is 0.0133. The molecule has 0 aliphatic carbocycles. The highest BCUT2D eigenvalue weighted by Gasteiger charge is 2.18. The fourth-order valence-electron chi connectivity index (χ4n) is 1.51. The summed E-state index contributed by atoms with van der Waals surface area (Å²) in [5.41, 5.74) is 0.531. The van der Waals surface area contributed by atoms with Crippen LogP contribution in [0.15, 0.2) is 6.20 Å². The van der Waals surface area contributed by atoms with Gasteiger partial charge in [0.1, 0.15) is 5.69 Å². The van der Waals surface area contributed by atoms with Crippen LogP contribution in [0.1, 0.15) is 10.5 Å². The molecular weight excluding hydrogens is 220 g/mol. The zero-order valence-electron chi connectivity index (χ0n) is 10.9. The van der Waals surface area contributed by atoms with E-state index in [2.05, 4.69) is 10.4 Å². The number of nitrogens with zero attached hydrogens (tertiary/aromatic N) is 3. The molecule has 0 amide bonds. The van der Waals surface area contributed by atoms with Gasteiger partial charge in [-0.1, -0.05) is 0 Å². The van der Waals surface area contributed by atoms with E-state index in [1.165, 1.54) is 0 Å². The number of likely N-dealkylation sites (N-methyl/N-ethyl adjacent to an activating group) is 2. The Balaban J connectivity index is 2.89. The number of carbonyl (C=O) groups excluding carboxylic acids is 1. The zero-order chi connectivity index (χ0) is 12.8. The highest BCUT2D eigenvalue weighted by molar-refractivity contribution is 5.98. The van der Waals surface area contributed by atoms with Crippen LogP contribution in [0.25, 0.3) is 0 Å². The van der Waals surface area contributed by atoms with Crippen LogP contribution in [0.4, 0.5) is 0 Å². The predicted molar refractivity (Wildman–Crippen MR) is 65.6 cm³/mol. The number of hydrogen-bond donors (Lipinski definition) is 1. The number of rotatable bonds is 7. The average Bonchev–Trinajstić information content (AvgIpc) is 2.69. The number of carbonyl (C=O) groups is 1. The van der Waals surface area contributed by atoms with Crippen LogP contribution < -0.4 is 10.1 Å². The number of methoxy groups -OCH3 is 1. The molecule has 1 aromatic rings. The summed E-state index contributed by atoms with van der Waals surface area (Å²) in [6, 6.07) is 0. The Morgan fingerprint density at radius 2 is 2.29 bits per heavy atom.